The summed E-state index contributed by atoms with van der Waals surface area (Å²) in [7, 11) is 1.48. The van der Waals surface area contributed by atoms with Crippen LogP contribution in [0.3, 0.4) is 0 Å². The zero-order chi connectivity index (χ0) is 14.3. The molecule has 0 aliphatic rings. The van der Waals surface area contributed by atoms with Crippen molar-refractivity contribution in [1.82, 2.24) is 5.32 Å². The number of amides is 1. The molecule has 0 bridgehead atoms. The largest absolute Gasteiger partial charge is 0.462 e. The van der Waals surface area contributed by atoms with Crippen LogP contribution < -0.4 is 5.32 Å². The van der Waals surface area contributed by atoms with Crippen molar-refractivity contribution >= 4 is 11.9 Å². The Kier molecular flexibility index (Phi) is 6.02. The monoisotopic (exact) mass is 265 g/mol. The third kappa shape index (κ3) is 4.71. The minimum atomic E-state index is -0.473. The van der Waals surface area contributed by atoms with Gasteiger partial charge < -0.3 is 14.8 Å². The fraction of sp³-hybridized carbons (Fsp3) is 0.429. The van der Waals surface area contributed by atoms with Crippen LogP contribution in [0.2, 0.25) is 0 Å². The summed E-state index contributed by atoms with van der Waals surface area (Å²) in [4.78, 5) is 22.9. The summed E-state index contributed by atoms with van der Waals surface area (Å²) in [5, 5.41) is 2.74. The molecule has 5 nitrogen and oxygen atoms in total. The van der Waals surface area contributed by atoms with Crippen LogP contribution in [0.25, 0.3) is 0 Å². The Labute approximate surface area is 112 Å². The van der Waals surface area contributed by atoms with E-state index >= 15 is 0 Å². The van der Waals surface area contributed by atoms with Crippen molar-refractivity contribution < 1.29 is 19.1 Å². The molecular weight excluding hydrogens is 246 g/mol. The van der Waals surface area contributed by atoms with Crippen molar-refractivity contribution in [1.29, 1.82) is 0 Å². The first-order valence-corrected chi connectivity index (χ1v) is 6.15. The van der Waals surface area contributed by atoms with Gasteiger partial charge in [-0.15, -0.1) is 0 Å². The quantitative estimate of drug-likeness (QED) is 0.792. The van der Waals surface area contributed by atoms with Crippen LogP contribution in [0.5, 0.6) is 0 Å². The average molecular weight is 265 g/mol. The molecule has 1 amide bonds. The Hall–Kier alpha value is -1.88. The predicted octanol–water partition coefficient (Wildman–Crippen LogP) is 1.51. The van der Waals surface area contributed by atoms with E-state index in [1.165, 1.54) is 7.11 Å². The van der Waals surface area contributed by atoms with E-state index in [1.807, 2.05) is 0 Å². The van der Waals surface area contributed by atoms with E-state index in [0.29, 0.717) is 18.7 Å². The Morgan fingerprint density at radius 2 is 1.89 bits per heavy atom. The van der Waals surface area contributed by atoms with E-state index < -0.39 is 6.10 Å². The van der Waals surface area contributed by atoms with E-state index in [9.17, 15) is 9.59 Å². The molecule has 0 heterocycles. The van der Waals surface area contributed by atoms with Crippen molar-refractivity contribution in [2.75, 3.05) is 13.7 Å². The van der Waals surface area contributed by atoms with Crippen molar-refractivity contribution in [3.63, 3.8) is 0 Å². The Balaban J connectivity index is 2.53. The van der Waals surface area contributed by atoms with Gasteiger partial charge in [-0.2, -0.15) is 0 Å². The fourth-order valence-corrected chi connectivity index (χ4v) is 1.41. The van der Waals surface area contributed by atoms with E-state index in [-0.39, 0.29) is 11.9 Å². The molecule has 0 spiro atoms. The number of hydrogen-bond acceptors (Lipinski definition) is 4. The predicted molar refractivity (Wildman–Crippen MR) is 70.7 cm³/mol. The first-order valence-electron chi connectivity index (χ1n) is 6.15. The number of esters is 1. The summed E-state index contributed by atoms with van der Waals surface area (Å²) in [6.45, 7) is 4.19. The Morgan fingerprint density at radius 3 is 2.42 bits per heavy atom. The second-order valence-electron chi connectivity index (χ2n) is 4.01. The molecule has 1 unspecified atom stereocenters. The third-order valence-electron chi connectivity index (χ3n) is 2.65. The molecule has 104 valence electrons. The number of carbonyl (C=O) groups excluding carboxylic acids is 2. The second kappa shape index (κ2) is 7.53. The van der Waals surface area contributed by atoms with E-state index in [1.54, 1.807) is 38.1 Å². The lowest BCUT2D eigenvalue weighted by Gasteiger charge is -2.10. The fourth-order valence-electron chi connectivity index (χ4n) is 1.41. The zero-order valence-corrected chi connectivity index (χ0v) is 11.4. The van der Waals surface area contributed by atoms with Gasteiger partial charge in [0, 0.05) is 13.7 Å². The highest BCUT2D eigenvalue weighted by molar-refractivity contribution is 5.89. The number of rotatable bonds is 6. The minimum Gasteiger partial charge on any atom is -0.462 e. The molecule has 0 radical (unpaired) electrons. The van der Waals surface area contributed by atoms with Crippen LogP contribution in [0, 0.1) is 0 Å². The molecule has 1 aromatic carbocycles. The van der Waals surface area contributed by atoms with Crippen molar-refractivity contribution in [2.45, 2.75) is 26.5 Å². The summed E-state index contributed by atoms with van der Waals surface area (Å²) in [5.74, 6) is -0.511. The van der Waals surface area contributed by atoms with Crippen LogP contribution in [0.15, 0.2) is 24.3 Å². The summed E-state index contributed by atoms with van der Waals surface area (Å²) >= 11 is 0. The van der Waals surface area contributed by atoms with Gasteiger partial charge in [-0.05, 0) is 31.5 Å². The first kappa shape index (κ1) is 15.2. The zero-order valence-electron chi connectivity index (χ0n) is 11.4. The van der Waals surface area contributed by atoms with Crippen LogP contribution in [-0.4, -0.2) is 31.7 Å². The second-order valence-corrected chi connectivity index (χ2v) is 4.01. The maximum Gasteiger partial charge on any atom is 0.338 e. The van der Waals surface area contributed by atoms with Gasteiger partial charge in [-0.1, -0.05) is 12.1 Å². The van der Waals surface area contributed by atoms with Gasteiger partial charge in [0.05, 0.1) is 12.2 Å². The van der Waals surface area contributed by atoms with Gasteiger partial charge in [0.2, 0.25) is 5.91 Å². The highest BCUT2D eigenvalue weighted by Crippen LogP contribution is 2.06. The highest BCUT2D eigenvalue weighted by atomic mass is 16.5. The van der Waals surface area contributed by atoms with Crippen LogP contribution >= 0.6 is 0 Å². The topological polar surface area (TPSA) is 64.6 Å². The molecule has 1 N–H and O–H groups in total. The van der Waals surface area contributed by atoms with Gasteiger partial charge >= 0.3 is 5.97 Å². The maximum absolute atomic E-state index is 11.5. The molecule has 0 saturated carbocycles. The summed E-state index contributed by atoms with van der Waals surface area (Å²) < 4.78 is 9.79. The minimum absolute atomic E-state index is 0.169. The molecule has 0 aliphatic heterocycles. The molecule has 5 heteroatoms. The molecule has 19 heavy (non-hydrogen) atoms. The molecule has 1 atom stereocenters. The number of methoxy groups -OCH3 is 1. The Bertz CT molecular complexity index is 428. The van der Waals surface area contributed by atoms with Gasteiger partial charge in [-0.3, -0.25) is 4.79 Å². The molecule has 0 aliphatic carbocycles. The number of ether oxygens (including phenoxy) is 2. The summed E-state index contributed by atoms with van der Waals surface area (Å²) in [6.07, 6.45) is -0.473. The van der Waals surface area contributed by atoms with Gasteiger partial charge in [0.25, 0.3) is 0 Å². The van der Waals surface area contributed by atoms with E-state index in [2.05, 4.69) is 5.32 Å². The number of nitrogens with one attached hydrogen (secondary N) is 1. The number of hydrogen-bond donors (Lipinski definition) is 1. The lowest BCUT2D eigenvalue weighted by Crippen LogP contribution is -2.33. The van der Waals surface area contributed by atoms with Crippen molar-refractivity contribution in [3.05, 3.63) is 35.4 Å². The SMILES string of the molecule is CCOC(=O)c1ccc(CNC(=O)C(C)OC)cc1. The lowest BCUT2D eigenvalue weighted by molar-refractivity contribution is -0.130. The first-order chi connectivity index (χ1) is 9.08. The van der Waals surface area contributed by atoms with Crippen LogP contribution in [0.1, 0.15) is 29.8 Å². The standard InChI is InChI=1S/C14H19NO4/c1-4-19-14(17)12-7-5-11(6-8-12)9-15-13(16)10(2)18-3/h5-8,10H,4,9H2,1-3H3,(H,15,16). The molecule has 0 saturated heterocycles. The van der Waals surface area contributed by atoms with Crippen molar-refractivity contribution in [2.24, 2.45) is 0 Å². The number of carbonyl (C=O) groups is 2. The van der Waals surface area contributed by atoms with Gasteiger partial charge in [0.15, 0.2) is 0 Å². The van der Waals surface area contributed by atoms with Gasteiger partial charge in [0.1, 0.15) is 6.10 Å². The van der Waals surface area contributed by atoms with Crippen LogP contribution in [0.4, 0.5) is 0 Å². The normalized spacial score (nSPS) is 11.7. The summed E-state index contributed by atoms with van der Waals surface area (Å²) in [6, 6.07) is 6.92. The Morgan fingerprint density at radius 1 is 1.26 bits per heavy atom. The smallest absolute Gasteiger partial charge is 0.338 e. The number of benzene rings is 1. The van der Waals surface area contributed by atoms with Crippen molar-refractivity contribution in [3.8, 4) is 0 Å². The average Bonchev–Trinajstić information content (AvgIpc) is 2.44. The molecule has 0 fully saturated rings. The van der Waals surface area contributed by atoms with E-state index in [4.69, 9.17) is 9.47 Å². The lowest BCUT2D eigenvalue weighted by atomic mass is 10.1. The molecule has 0 aromatic heterocycles. The summed E-state index contributed by atoms with van der Waals surface area (Å²) in [5.41, 5.74) is 1.41. The van der Waals surface area contributed by atoms with Crippen LogP contribution in [-0.2, 0) is 20.8 Å². The molecule has 1 aromatic rings. The maximum atomic E-state index is 11.5. The van der Waals surface area contributed by atoms with Gasteiger partial charge in [-0.25, -0.2) is 4.79 Å². The highest BCUT2D eigenvalue weighted by Gasteiger charge is 2.11. The molecular formula is C14H19NO4. The molecule has 1 rings (SSSR count). The van der Waals surface area contributed by atoms with E-state index in [0.717, 1.165) is 5.56 Å². The third-order valence-corrected chi connectivity index (χ3v) is 2.65.